The maximum absolute atomic E-state index is 6.32. The van der Waals surface area contributed by atoms with Gasteiger partial charge in [0.05, 0.1) is 6.85 Å². The van der Waals surface area contributed by atoms with Gasteiger partial charge in [0, 0.05) is 7.74 Å². The molecule has 0 aliphatic heterocycles. The van der Waals surface area contributed by atoms with Crippen LogP contribution in [0.3, 0.4) is 0 Å². The molecule has 0 saturated carbocycles. The third-order valence-corrected chi connectivity index (χ3v) is 2.27. The fraction of sp³-hybridized carbons (Fsp3) is 0.143. The van der Waals surface area contributed by atoms with Gasteiger partial charge in [0.1, 0.15) is 0 Å². The van der Waals surface area contributed by atoms with Crippen LogP contribution in [0.2, 0.25) is 0 Å². The van der Waals surface area contributed by atoms with Crippen LogP contribution < -0.4 is 17.0 Å². The number of halogens is 1. The minimum atomic E-state index is -0.500. The van der Waals surface area contributed by atoms with Crippen molar-refractivity contribution in [3.8, 4) is 0 Å². The molecule has 0 N–H and O–H groups in total. The number of hydrogen-bond donors (Lipinski definition) is 0. The molecular formula is C14H17B2BrMgNP. The monoisotopic (exact) mass is 357 g/mol. The van der Waals surface area contributed by atoms with E-state index in [-0.39, 0.29) is 40.0 Å². The van der Waals surface area contributed by atoms with E-state index >= 15 is 0 Å². The van der Waals surface area contributed by atoms with Crippen LogP contribution in [0.5, 0.6) is 0 Å². The van der Waals surface area contributed by atoms with Crippen LogP contribution in [-0.2, 0) is 13.1 Å². The largest absolute Gasteiger partial charge is 2.00 e. The minimum Gasteiger partial charge on any atom is -1.00 e. The first-order chi connectivity index (χ1) is 9.18. The summed E-state index contributed by atoms with van der Waals surface area (Å²) in [6, 6.07) is 20.7. The molecule has 2 radical (unpaired) electrons. The molecule has 0 heterocycles. The Morgan fingerprint density at radius 2 is 1.25 bits per heavy atom. The SMILES string of the molecule is [3H]B([B])P.[Br-].[Mg+2].c1ccc(C[N-]Cc2ccccc2)cc1. The summed E-state index contributed by atoms with van der Waals surface area (Å²) < 4.78 is 6.32. The molecule has 0 aromatic heterocycles. The van der Waals surface area contributed by atoms with E-state index in [4.69, 9.17) is 9.07 Å². The maximum Gasteiger partial charge on any atom is 2.00 e. The maximum atomic E-state index is 6.32. The van der Waals surface area contributed by atoms with Crippen molar-refractivity contribution >= 4 is 46.8 Å². The predicted octanol–water partition coefficient (Wildman–Crippen LogP) is -0.320. The van der Waals surface area contributed by atoms with Crippen molar-refractivity contribution in [1.29, 1.82) is 1.34 Å². The zero-order valence-corrected chi connectivity index (χ0v) is 15.6. The van der Waals surface area contributed by atoms with Crippen LogP contribution in [0.25, 0.3) is 5.32 Å². The second kappa shape index (κ2) is 15.6. The molecule has 0 aliphatic carbocycles. The van der Waals surface area contributed by atoms with Crippen LogP contribution in [0.15, 0.2) is 60.7 Å². The van der Waals surface area contributed by atoms with Gasteiger partial charge in [-0.1, -0.05) is 71.8 Å². The molecule has 0 aliphatic rings. The molecular weight excluding hydrogens is 339 g/mol. The second-order valence-electron chi connectivity index (χ2n) is 3.70. The quantitative estimate of drug-likeness (QED) is 0.526. The Morgan fingerprint density at radius 1 is 0.950 bits per heavy atom. The Labute approximate surface area is 154 Å². The van der Waals surface area contributed by atoms with Gasteiger partial charge in [-0.05, 0) is 1.34 Å². The summed E-state index contributed by atoms with van der Waals surface area (Å²) in [5.41, 5.74) is 2.54. The molecule has 0 amide bonds. The van der Waals surface area contributed by atoms with E-state index in [0.717, 1.165) is 13.1 Å². The van der Waals surface area contributed by atoms with Crippen molar-refractivity contribution in [2.75, 3.05) is 0 Å². The van der Waals surface area contributed by atoms with Crippen LogP contribution in [0.4, 0.5) is 0 Å². The van der Waals surface area contributed by atoms with Gasteiger partial charge < -0.3 is 22.3 Å². The third-order valence-electron chi connectivity index (χ3n) is 2.27. The van der Waals surface area contributed by atoms with Crippen molar-refractivity contribution in [1.82, 2.24) is 0 Å². The van der Waals surface area contributed by atoms with Gasteiger partial charge in [-0.15, -0.1) is 13.1 Å². The smallest absolute Gasteiger partial charge is 1.00 e. The average molecular weight is 358 g/mol. The summed E-state index contributed by atoms with van der Waals surface area (Å²) in [6.07, 6.45) is 0. The summed E-state index contributed by atoms with van der Waals surface area (Å²) >= 11 is 0. The number of hydrogen-bond acceptors (Lipinski definition) is 0. The molecule has 0 fully saturated rings. The van der Waals surface area contributed by atoms with Gasteiger partial charge in [-0.25, -0.2) is 0 Å². The summed E-state index contributed by atoms with van der Waals surface area (Å²) in [7, 11) is 6.84. The Kier molecular flexibility index (Phi) is 15.8. The van der Waals surface area contributed by atoms with E-state index in [2.05, 4.69) is 38.7 Å². The standard InChI is InChI=1S/C14H14N.B2H3P.BrH.Mg/c1-3-7-13(8-4-1)11-15-12-14-9-5-2-6-10-14;1-2-3;;/h1-10H,11-12H2;2H,3H2;1H;/q-1;;;+2/p-1/i;2T;;. The van der Waals surface area contributed by atoms with E-state index in [1.807, 2.05) is 36.4 Å². The molecule has 20 heavy (non-hydrogen) atoms. The molecule has 0 bridgehead atoms. The van der Waals surface area contributed by atoms with Crippen molar-refractivity contribution in [3.05, 3.63) is 77.1 Å². The zero-order chi connectivity index (χ0) is 13.9. The van der Waals surface area contributed by atoms with Crippen LogP contribution in [0.1, 0.15) is 11.1 Å². The molecule has 2 aromatic carbocycles. The summed E-state index contributed by atoms with van der Waals surface area (Å²) in [5.74, 6) is 0. The molecule has 2 rings (SSSR count). The topological polar surface area (TPSA) is 14.1 Å². The number of rotatable bonds is 4. The first-order valence-electron chi connectivity index (χ1n) is 6.40. The van der Waals surface area contributed by atoms with Gasteiger partial charge in [0.2, 0.25) is 0 Å². The van der Waals surface area contributed by atoms with Crippen molar-refractivity contribution in [2.24, 2.45) is 0 Å². The third kappa shape index (κ3) is 10.9. The van der Waals surface area contributed by atoms with Crippen LogP contribution in [0, 0.1) is 0 Å². The Balaban J connectivity index is 0. The van der Waals surface area contributed by atoms with Gasteiger partial charge in [0.25, 0.3) is 0 Å². The van der Waals surface area contributed by atoms with E-state index in [0.29, 0.717) is 0 Å². The van der Waals surface area contributed by atoms with Crippen LogP contribution >= 0.6 is 9.12 Å². The summed E-state index contributed by atoms with van der Waals surface area (Å²) in [5, 5.41) is 4.51. The molecule has 1 unspecified atom stereocenters. The molecule has 6 heteroatoms. The van der Waals surface area contributed by atoms with E-state index in [1.54, 1.807) is 0 Å². The number of nitrogens with zero attached hydrogens (tertiary/aromatic N) is 1. The van der Waals surface area contributed by atoms with Gasteiger partial charge in [0.15, 0.2) is 0 Å². The zero-order valence-electron chi connectivity index (χ0n) is 12.5. The van der Waals surface area contributed by atoms with Crippen molar-refractivity contribution in [2.45, 2.75) is 13.1 Å². The van der Waals surface area contributed by atoms with Crippen molar-refractivity contribution in [3.63, 3.8) is 0 Å². The Hall–Kier alpha value is 0.206. The molecule has 1 nitrogen and oxygen atoms in total. The Bertz CT molecular complexity index is 409. The summed E-state index contributed by atoms with van der Waals surface area (Å²) in [6.45, 7) is 1.10. The predicted molar refractivity (Wildman–Crippen MR) is 92.0 cm³/mol. The molecule has 0 saturated heterocycles. The first-order valence-corrected chi connectivity index (χ1v) is 6.49. The second-order valence-corrected chi connectivity index (χ2v) is 4.09. The van der Waals surface area contributed by atoms with Crippen molar-refractivity contribution < 1.29 is 17.0 Å². The fourth-order valence-electron chi connectivity index (χ4n) is 1.48. The van der Waals surface area contributed by atoms with Gasteiger partial charge >= 0.3 is 23.1 Å². The molecule has 1 atom stereocenters. The Morgan fingerprint density at radius 3 is 1.55 bits per heavy atom. The average Bonchev–Trinajstić information content (AvgIpc) is 2.41. The van der Waals surface area contributed by atoms with Gasteiger partial charge in [-0.2, -0.15) is 9.12 Å². The van der Waals surface area contributed by atoms with E-state index in [1.165, 1.54) is 11.1 Å². The van der Waals surface area contributed by atoms with Gasteiger partial charge in [-0.3, -0.25) is 0 Å². The van der Waals surface area contributed by atoms with E-state index in [9.17, 15) is 0 Å². The molecule has 2 aromatic rings. The molecule has 0 spiro atoms. The normalized spacial score (nSPS) is 8.95. The van der Waals surface area contributed by atoms with E-state index < -0.39 is 6.85 Å². The summed E-state index contributed by atoms with van der Waals surface area (Å²) in [4.78, 5) is 0. The van der Waals surface area contributed by atoms with Crippen LogP contribution in [-0.4, -0.2) is 39.0 Å². The molecule has 98 valence electrons. The number of benzene rings is 2. The first kappa shape index (κ1) is 20.2. The fourth-order valence-corrected chi connectivity index (χ4v) is 1.48. The minimum absolute atomic E-state index is 0.